The van der Waals surface area contributed by atoms with Gasteiger partial charge in [0.1, 0.15) is 18.0 Å². The van der Waals surface area contributed by atoms with Crippen molar-refractivity contribution < 1.29 is 22.4 Å². The molecule has 0 spiro atoms. The van der Waals surface area contributed by atoms with Crippen molar-refractivity contribution in [3.05, 3.63) is 84.1 Å². The van der Waals surface area contributed by atoms with Gasteiger partial charge in [-0.05, 0) is 41.3 Å². The Hall–Kier alpha value is -4.58. The Morgan fingerprint density at radius 2 is 1.65 bits per heavy atom. The molecule has 3 heterocycles. The summed E-state index contributed by atoms with van der Waals surface area (Å²) in [7, 11) is 0. The summed E-state index contributed by atoms with van der Waals surface area (Å²) < 4.78 is 53.6. The molecule has 2 aromatic carbocycles. The van der Waals surface area contributed by atoms with E-state index in [4.69, 9.17) is 5.73 Å². The van der Waals surface area contributed by atoms with Gasteiger partial charge in [-0.15, -0.1) is 11.3 Å². The minimum Gasteiger partial charge on any atom is -0.383 e. The molecule has 7 nitrogen and oxygen atoms in total. The number of hydrogen-bond donors (Lipinski definition) is 3. The van der Waals surface area contributed by atoms with Crippen molar-refractivity contribution >= 4 is 44.6 Å². The molecule has 186 valence electrons. The lowest BCUT2D eigenvalue weighted by Gasteiger charge is -2.12. The Morgan fingerprint density at radius 1 is 0.919 bits per heavy atom. The molecule has 0 aliphatic heterocycles. The molecule has 0 fully saturated rings. The summed E-state index contributed by atoms with van der Waals surface area (Å²) in [5.74, 6) is -0.632. The van der Waals surface area contributed by atoms with Crippen LogP contribution in [-0.4, -0.2) is 21.0 Å². The highest BCUT2D eigenvalue weighted by atomic mass is 32.1. The number of nitrogens with zero attached hydrogens (tertiary/aromatic N) is 3. The fourth-order valence-electron chi connectivity index (χ4n) is 3.74. The molecule has 4 N–H and O–H groups in total. The molecule has 37 heavy (non-hydrogen) atoms. The third-order valence-corrected chi connectivity index (χ3v) is 6.51. The van der Waals surface area contributed by atoms with E-state index in [1.807, 2.05) is 5.38 Å². The summed E-state index contributed by atoms with van der Waals surface area (Å²) in [5.41, 5.74) is 8.18. The minimum atomic E-state index is -4.67. The lowest BCUT2D eigenvalue weighted by Crippen LogP contribution is -2.20. The number of nitrogens with two attached hydrogens (primary N) is 1. The number of amides is 2. The van der Waals surface area contributed by atoms with Crippen LogP contribution in [0.1, 0.15) is 5.56 Å². The molecule has 0 aliphatic rings. The smallest absolute Gasteiger partial charge is 0.383 e. The van der Waals surface area contributed by atoms with Gasteiger partial charge in [-0.3, -0.25) is 0 Å². The number of nitrogen functional groups attached to an aromatic ring is 1. The highest BCUT2D eigenvalue weighted by molar-refractivity contribution is 7.18. The summed E-state index contributed by atoms with van der Waals surface area (Å²) in [6, 6.07) is 7.61. The number of halogens is 4. The van der Waals surface area contributed by atoms with Gasteiger partial charge in [0.2, 0.25) is 0 Å². The van der Waals surface area contributed by atoms with Gasteiger partial charge in [0.05, 0.1) is 11.3 Å². The Balaban J connectivity index is 1.37. The predicted octanol–water partition coefficient (Wildman–Crippen LogP) is 6.80. The van der Waals surface area contributed by atoms with E-state index in [-0.39, 0.29) is 0 Å². The molecule has 5 rings (SSSR count). The van der Waals surface area contributed by atoms with E-state index in [0.717, 1.165) is 32.3 Å². The van der Waals surface area contributed by atoms with Crippen LogP contribution in [0.25, 0.3) is 32.3 Å². The molecule has 0 saturated carbocycles. The standard InChI is InChI=1S/C25H16F4N6OS/c26-19-6-3-15(25(27,28)29)7-20(19)35-24(36)34-16-4-1-13(2-5-16)18-11-37-22-17(10-33-23(30)21(18)22)14-8-31-12-32-9-14/h1-12H,(H2,30,33)(H2,34,35,36). The first-order chi connectivity index (χ1) is 17.7. The highest BCUT2D eigenvalue weighted by Crippen LogP contribution is 2.41. The van der Waals surface area contributed by atoms with Gasteiger partial charge in [-0.25, -0.2) is 24.1 Å². The normalized spacial score (nSPS) is 11.5. The van der Waals surface area contributed by atoms with Crippen molar-refractivity contribution in [2.24, 2.45) is 0 Å². The number of aromatic nitrogens is 3. The molecule has 0 atom stereocenters. The maximum atomic E-state index is 13.9. The lowest BCUT2D eigenvalue weighted by atomic mass is 10.0. The number of alkyl halides is 3. The molecule has 0 saturated heterocycles. The van der Waals surface area contributed by atoms with E-state index >= 15 is 0 Å². The topological polar surface area (TPSA) is 106 Å². The van der Waals surface area contributed by atoms with Gasteiger partial charge < -0.3 is 16.4 Å². The average molecular weight is 525 g/mol. The van der Waals surface area contributed by atoms with E-state index in [2.05, 4.69) is 25.6 Å². The van der Waals surface area contributed by atoms with Crippen LogP contribution in [-0.2, 0) is 6.18 Å². The van der Waals surface area contributed by atoms with Crippen molar-refractivity contribution in [2.75, 3.05) is 16.4 Å². The number of benzene rings is 2. The van der Waals surface area contributed by atoms with Gasteiger partial charge in [-0.1, -0.05) is 12.1 Å². The third-order valence-electron chi connectivity index (χ3n) is 5.49. The van der Waals surface area contributed by atoms with E-state index in [9.17, 15) is 22.4 Å². The Morgan fingerprint density at radius 3 is 2.35 bits per heavy atom. The van der Waals surface area contributed by atoms with Crippen LogP contribution in [0.2, 0.25) is 0 Å². The van der Waals surface area contributed by atoms with Gasteiger partial charge in [0, 0.05) is 51.1 Å². The van der Waals surface area contributed by atoms with Gasteiger partial charge >= 0.3 is 12.2 Å². The maximum absolute atomic E-state index is 13.9. The average Bonchev–Trinajstić information content (AvgIpc) is 3.32. The molecule has 0 aliphatic carbocycles. The Labute approximate surface area is 211 Å². The zero-order valence-corrected chi connectivity index (χ0v) is 19.5. The maximum Gasteiger partial charge on any atom is 0.416 e. The van der Waals surface area contributed by atoms with E-state index in [1.54, 1.807) is 42.9 Å². The van der Waals surface area contributed by atoms with Crippen molar-refractivity contribution in [3.63, 3.8) is 0 Å². The van der Waals surface area contributed by atoms with Crippen LogP contribution < -0.4 is 16.4 Å². The molecule has 0 unspecified atom stereocenters. The molecular formula is C25H16F4N6OS. The highest BCUT2D eigenvalue weighted by Gasteiger charge is 2.31. The summed E-state index contributed by atoms with van der Waals surface area (Å²) in [5, 5.41) is 7.30. The number of carbonyl (C=O) groups is 1. The number of anilines is 3. The summed E-state index contributed by atoms with van der Waals surface area (Å²) in [6.45, 7) is 0. The SMILES string of the molecule is Nc1ncc(-c2cncnc2)c2scc(-c3ccc(NC(=O)Nc4cc(C(F)(F)F)ccc4F)cc3)c12. The number of hydrogen-bond acceptors (Lipinski definition) is 6. The van der Waals surface area contributed by atoms with E-state index in [1.165, 1.54) is 17.7 Å². The fraction of sp³-hybridized carbons (Fsp3) is 0.0400. The van der Waals surface area contributed by atoms with Crippen molar-refractivity contribution in [3.8, 4) is 22.3 Å². The van der Waals surface area contributed by atoms with Gasteiger partial charge in [-0.2, -0.15) is 13.2 Å². The van der Waals surface area contributed by atoms with E-state index in [0.29, 0.717) is 29.7 Å². The first-order valence-corrected chi connectivity index (χ1v) is 11.5. The molecule has 0 radical (unpaired) electrons. The number of nitrogens with one attached hydrogen (secondary N) is 2. The summed E-state index contributed by atoms with van der Waals surface area (Å²) >= 11 is 1.49. The first-order valence-electron chi connectivity index (χ1n) is 10.7. The largest absolute Gasteiger partial charge is 0.416 e. The van der Waals surface area contributed by atoms with Crippen LogP contribution in [0.15, 0.2) is 72.8 Å². The monoisotopic (exact) mass is 524 g/mol. The van der Waals surface area contributed by atoms with Crippen molar-refractivity contribution in [1.82, 2.24) is 15.0 Å². The van der Waals surface area contributed by atoms with Gasteiger partial charge in [0.25, 0.3) is 0 Å². The summed E-state index contributed by atoms with van der Waals surface area (Å²) in [6.07, 6.45) is 1.83. The molecular weight excluding hydrogens is 508 g/mol. The zero-order valence-electron chi connectivity index (χ0n) is 18.7. The van der Waals surface area contributed by atoms with Crippen molar-refractivity contribution in [2.45, 2.75) is 6.18 Å². The first kappa shape index (κ1) is 24.1. The van der Waals surface area contributed by atoms with Crippen LogP contribution in [0.3, 0.4) is 0 Å². The quantitative estimate of drug-likeness (QED) is 0.224. The number of pyridine rings is 1. The zero-order chi connectivity index (χ0) is 26.2. The van der Waals surface area contributed by atoms with Crippen molar-refractivity contribution in [1.29, 1.82) is 0 Å². The Kier molecular flexibility index (Phi) is 6.17. The number of urea groups is 1. The Bertz CT molecular complexity index is 1600. The second-order valence-electron chi connectivity index (χ2n) is 7.89. The van der Waals surface area contributed by atoms with Gasteiger partial charge in [0.15, 0.2) is 0 Å². The van der Waals surface area contributed by atoms with Crippen LogP contribution >= 0.6 is 11.3 Å². The number of thiophene rings is 1. The molecule has 12 heteroatoms. The predicted molar refractivity (Wildman–Crippen MR) is 135 cm³/mol. The minimum absolute atomic E-state index is 0.349. The molecule has 0 bridgehead atoms. The number of carbonyl (C=O) groups excluding carboxylic acids is 1. The lowest BCUT2D eigenvalue weighted by molar-refractivity contribution is -0.137. The third kappa shape index (κ3) is 4.91. The number of rotatable bonds is 4. The van der Waals surface area contributed by atoms with E-state index < -0.39 is 29.3 Å². The molecule has 3 aromatic heterocycles. The van der Waals surface area contributed by atoms with Crippen LogP contribution in [0, 0.1) is 5.82 Å². The van der Waals surface area contributed by atoms with Crippen LogP contribution in [0.5, 0.6) is 0 Å². The second-order valence-corrected chi connectivity index (χ2v) is 8.77. The van der Waals surface area contributed by atoms with Crippen LogP contribution in [0.4, 0.5) is 39.5 Å². The summed E-state index contributed by atoms with van der Waals surface area (Å²) in [4.78, 5) is 24.7. The second kappa shape index (κ2) is 9.47. The molecule has 2 amide bonds. The number of fused-ring (bicyclic) bond motifs is 1. The molecule has 5 aromatic rings. The fourth-order valence-corrected chi connectivity index (χ4v) is 4.86.